The van der Waals surface area contributed by atoms with Crippen LogP contribution in [0.5, 0.6) is 0 Å². The van der Waals surface area contributed by atoms with E-state index in [4.69, 9.17) is 4.42 Å². The third kappa shape index (κ3) is 1.95. The zero-order chi connectivity index (χ0) is 12.4. The monoisotopic (exact) mass is 242 g/mol. The van der Waals surface area contributed by atoms with Crippen LogP contribution in [0.4, 0.5) is 0 Å². The van der Waals surface area contributed by atoms with Crippen LogP contribution in [-0.2, 0) is 11.8 Å². The molecule has 0 atom stereocenters. The molecule has 3 nitrogen and oxygen atoms in total. The number of likely N-dealkylation sites (N-methyl/N-ethyl adjacent to an activating group) is 1. The average molecular weight is 242 g/mol. The van der Waals surface area contributed by atoms with Crippen LogP contribution in [0, 0.1) is 0 Å². The minimum Gasteiger partial charge on any atom is -0.445 e. The van der Waals surface area contributed by atoms with Crippen molar-refractivity contribution in [3.63, 3.8) is 0 Å². The second-order valence-corrected chi connectivity index (χ2v) is 4.92. The van der Waals surface area contributed by atoms with Crippen molar-refractivity contribution in [2.45, 2.75) is 24.7 Å². The van der Waals surface area contributed by atoms with E-state index in [9.17, 15) is 0 Å². The fourth-order valence-electron chi connectivity index (χ4n) is 2.44. The number of oxazole rings is 1. The Hall–Kier alpha value is -1.61. The molecular weight excluding hydrogens is 224 g/mol. The summed E-state index contributed by atoms with van der Waals surface area (Å²) in [5.41, 5.74) is 1.45. The molecule has 0 amide bonds. The fourth-order valence-corrected chi connectivity index (χ4v) is 2.44. The average Bonchev–Trinajstić information content (AvgIpc) is 3.10. The summed E-state index contributed by atoms with van der Waals surface area (Å²) >= 11 is 0. The Labute approximate surface area is 107 Å². The van der Waals surface area contributed by atoms with Crippen molar-refractivity contribution >= 4 is 0 Å². The van der Waals surface area contributed by atoms with Gasteiger partial charge in [-0.3, -0.25) is 0 Å². The molecular formula is C15H18N2O. The van der Waals surface area contributed by atoms with Crippen LogP contribution in [-0.4, -0.2) is 18.6 Å². The molecule has 18 heavy (non-hydrogen) atoms. The van der Waals surface area contributed by atoms with Gasteiger partial charge in [0.25, 0.3) is 0 Å². The fraction of sp³-hybridized carbons (Fsp3) is 0.400. The Morgan fingerprint density at radius 1 is 1.28 bits per heavy atom. The predicted molar refractivity (Wildman–Crippen MR) is 70.6 cm³/mol. The number of hydrogen-bond acceptors (Lipinski definition) is 3. The van der Waals surface area contributed by atoms with E-state index in [0.717, 1.165) is 37.5 Å². The molecule has 2 aromatic rings. The molecule has 0 saturated heterocycles. The number of aromatic nitrogens is 1. The van der Waals surface area contributed by atoms with Crippen LogP contribution < -0.4 is 5.32 Å². The van der Waals surface area contributed by atoms with Crippen LogP contribution in [0.1, 0.15) is 30.1 Å². The molecule has 94 valence electrons. The van der Waals surface area contributed by atoms with Gasteiger partial charge in [0.15, 0.2) is 5.89 Å². The normalized spacial score (nSPS) is 16.7. The molecule has 1 N–H and O–H groups in total. The summed E-state index contributed by atoms with van der Waals surface area (Å²) in [5.74, 6) is 1.86. The molecule has 0 radical (unpaired) electrons. The summed E-state index contributed by atoms with van der Waals surface area (Å²) in [7, 11) is 1.94. The lowest BCUT2D eigenvalue weighted by Gasteiger charge is -2.11. The molecule has 0 unspecified atom stereocenters. The third-order valence-corrected chi connectivity index (χ3v) is 3.69. The first-order valence-corrected chi connectivity index (χ1v) is 6.50. The van der Waals surface area contributed by atoms with Gasteiger partial charge in [0.1, 0.15) is 5.76 Å². The van der Waals surface area contributed by atoms with E-state index < -0.39 is 0 Å². The largest absolute Gasteiger partial charge is 0.445 e. The van der Waals surface area contributed by atoms with Crippen LogP contribution in [0.15, 0.2) is 40.9 Å². The van der Waals surface area contributed by atoms with E-state index in [2.05, 4.69) is 40.6 Å². The van der Waals surface area contributed by atoms with E-state index >= 15 is 0 Å². The van der Waals surface area contributed by atoms with Crippen LogP contribution >= 0.6 is 0 Å². The molecule has 1 saturated carbocycles. The first kappa shape index (κ1) is 11.5. The Morgan fingerprint density at radius 3 is 2.72 bits per heavy atom. The van der Waals surface area contributed by atoms with Gasteiger partial charge in [0.05, 0.1) is 11.6 Å². The number of nitrogens with one attached hydrogen (secondary N) is 1. The maximum Gasteiger partial charge on any atom is 0.195 e. The van der Waals surface area contributed by atoms with Crippen molar-refractivity contribution in [3.8, 4) is 0 Å². The number of rotatable bonds is 5. The van der Waals surface area contributed by atoms with E-state index in [1.165, 1.54) is 5.56 Å². The van der Waals surface area contributed by atoms with Crippen LogP contribution in [0.3, 0.4) is 0 Å². The second kappa shape index (κ2) is 4.58. The third-order valence-electron chi connectivity index (χ3n) is 3.69. The van der Waals surface area contributed by atoms with E-state index in [1.807, 2.05) is 13.2 Å². The highest BCUT2D eigenvalue weighted by Gasteiger charge is 2.48. The Morgan fingerprint density at radius 2 is 2.06 bits per heavy atom. The highest BCUT2D eigenvalue weighted by Crippen LogP contribution is 2.53. The Bertz CT molecular complexity index is 514. The lowest BCUT2D eigenvalue weighted by Crippen LogP contribution is -2.10. The first-order chi connectivity index (χ1) is 8.85. The minimum atomic E-state index is 0.103. The van der Waals surface area contributed by atoms with Gasteiger partial charge in [-0.05, 0) is 25.5 Å². The maximum atomic E-state index is 5.92. The quantitative estimate of drug-likeness (QED) is 0.875. The van der Waals surface area contributed by atoms with Gasteiger partial charge < -0.3 is 9.73 Å². The van der Waals surface area contributed by atoms with E-state index in [1.54, 1.807) is 0 Å². The summed E-state index contributed by atoms with van der Waals surface area (Å²) in [6.45, 7) is 0.901. The van der Waals surface area contributed by atoms with Crippen molar-refractivity contribution in [1.82, 2.24) is 10.3 Å². The van der Waals surface area contributed by atoms with Gasteiger partial charge in [-0.15, -0.1) is 0 Å². The van der Waals surface area contributed by atoms with Crippen LogP contribution in [0.2, 0.25) is 0 Å². The van der Waals surface area contributed by atoms with Crippen molar-refractivity contribution in [1.29, 1.82) is 0 Å². The topological polar surface area (TPSA) is 38.1 Å². The van der Waals surface area contributed by atoms with Gasteiger partial charge in [-0.2, -0.15) is 0 Å². The van der Waals surface area contributed by atoms with E-state index in [0.29, 0.717) is 0 Å². The highest BCUT2D eigenvalue weighted by atomic mass is 16.4. The smallest absolute Gasteiger partial charge is 0.195 e. The lowest BCUT2D eigenvalue weighted by molar-refractivity contribution is 0.430. The zero-order valence-corrected chi connectivity index (χ0v) is 10.6. The van der Waals surface area contributed by atoms with Crippen molar-refractivity contribution in [2.24, 2.45) is 0 Å². The van der Waals surface area contributed by atoms with Gasteiger partial charge in [-0.25, -0.2) is 4.98 Å². The summed E-state index contributed by atoms with van der Waals surface area (Å²) in [6, 6.07) is 10.6. The van der Waals surface area contributed by atoms with Crippen molar-refractivity contribution in [3.05, 3.63) is 53.7 Å². The maximum absolute atomic E-state index is 5.92. The van der Waals surface area contributed by atoms with Gasteiger partial charge in [0, 0.05) is 13.0 Å². The minimum absolute atomic E-state index is 0.103. The lowest BCUT2D eigenvalue weighted by atomic mass is 9.94. The molecule has 3 heteroatoms. The molecule has 1 aromatic carbocycles. The molecule has 0 aliphatic heterocycles. The summed E-state index contributed by atoms with van der Waals surface area (Å²) in [5, 5.41) is 3.11. The standard InChI is InChI=1S/C15H18N2O/c1-16-10-7-14-17-11-13(18-14)15(8-9-15)12-5-3-2-4-6-12/h2-6,11,16H,7-10H2,1H3. The highest BCUT2D eigenvalue weighted by molar-refractivity contribution is 5.39. The zero-order valence-electron chi connectivity index (χ0n) is 10.6. The van der Waals surface area contributed by atoms with Gasteiger partial charge in [-0.1, -0.05) is 30.3 Å². The molecule has 0 spiro atoms. The molecule has 1 aliphatic carbocycles. The van der Waals surface area contributed by atoms with Crippen molar-refractivity contribution in [2.75, 3.05) is 13.6 Å². The van der Waals surface area contributed by atoms with Crippen LogP contribution in [0.25, 0.3) is 0 Å². The van der Waals surface area contributed by atoms with Gasteiger partial charge in [0.2, 0.25) is 0 Å². The second-order valence-electron chi connectivity index (χ2n) is 4.92. The Balaban J connectivity index is 1.84. The van der Waals surface area contributed by atoms with Crippen molar-refractivity contribution < 1.29 is 4.42 Å². The number of hydrogen-bond donors (Lipinski definition) is 1. The molecule has 0 bridgehead atoms. The molecule has 3 rings (SSSR count). The summed E-state index contributed by atoms with van der Waals surface area (Å²) in [6.07, 6.45) is 5.09. The Kier molecular flexibility index (Phi) is 2.92. The number of benzene rings is 1. The summed E-state index contributed by atoms with van der Waals surface area (Å²) < 4.78 is 5.92. The molecule has 1 aromatic heterocycles. The molecule has 1 aliphatic rings. The molecule has 1 fully saturated rings. The predicted octanol–water partition coefficient (Wildman–Crippen LogP) is 2.52. The molecule has 1 heterocycles. The SMILES string of the molecule is CNCCc1ncc(C2(c3ccccc3)CC2)o1. The van der Waals surface area contributed by atoms with E-state index in [-0.39, 0.29) is 5.41 Å². The first-order valence-electron chi connectivity index (χ1n) is 6.50. The number of nitrogens with zero attached hydrogens (tertiary/aromatic N) is 1. The van der Waals surface area contributed by atoms with Gasteiger partial charge >= 0.3 is 0 Å². The summed E-state index contributed by atoms with van der Waals surface area (Å²) in [4.78, 5) is 4.38.